The zero-order valence-electron chi connectivity index (χ0n) is 22.9. The van der Waals surface area contributed by atoms with E-state index in [1.54, 1.807) is 68.4 Å². The van der Waals surface area contributed by atoms with Crippen molar-refractivity contribution in [3.8, 4) is 5.75 Å². The number of likely N-dealkylation sites (N-methyl/N-ethyl adjacent to an activating group) is 1. The molecule has 1 N–H and O–H groups in total. The molecule has 1 atom stereocenters. The highest BCUT2D eigenvalue weighted by atomic mass is 35.5. The average Bonchev–Trinajstić information content (AvgIpc) is 2.94. The first-order valence-electron chi connectivity index (χ1n) is 12.8. The maximum absolute atomic E-state index is 14.1. The molecule has 0 fully saturated rings. The van der Waals surface area contributed by atoms with Crippen molar-refractivity contribution >= 4 is 50.7 Å². The van der Waals surface area contributed by atoms with Crippen molar-refractivity contribution in [3.05, 3.63) is 87.9 Å². The maximum Gasteiger partial charge on any atom is 0.264 e. The van der Waals surface area contributed by atoms with Crippen molar-refractivity contribution in [1.29, 1.82) is 0 Å². The van der Waals surface area contributed by atoms with Crippen molar-refractivity contribution < 1.29 is 22.7 Å². The fourth-order valence-electron chi connectivity index (χ4n) is 4.27. The van der Waals surface area contributed by atoms with Crippen LogP contribution in [-0.4, -0.2) is 51.4 Å². The van der Waals surface area contributed by atoms with Gasteiger partial charge in [0.1, 0.15) is 18.3 Å². The van der Waals surface area contributed by atoms with Gasteiger partial charge < -0.3 is 15.0 Å². The third kappa shape index (κ3) is 7.27. The molecule has 0 bridgehead atoms. The summed E-state index contributed by atoms with van der Waals surface area (Å²) in [5, 5.41) is 3.43. The first kappa shape index (κ1) is 31.3. The lowest BCUT2D eigenvalue weighted by Gasteiger charge is -2.33. The van der Waals surface area contributed by atoms with Gasteiger partial charge in [-0.2, -0.15) is 0 Å². The van der Waals surface area contributed by atoms with E-state index in [0.717, 1.165) is 9.87 Å². The monoisotopic (exact) mass is 605 g/mol. The summed E-state index contributed by atoms with van der Waals surface area (Å²) < 4.78 is 34.5. The minimum Gasteiger partial charge on any atom is -0.495 e. The number of ether oxygens (including phenoxy) is 1. The summed E-state index contributed by atoms with van der Waals surface area (Å²) in [6.45, 7) is 5.20. The number of aryl methyl sites for hydroxylation is 1. The molecule has 0 spiro atoms. The summed E-state index contributed by atoms with van der Waals surface area (Å²) in [6.07, 6.45) is 0.304. The second-order valence-corrected chi connectivity index (χ2v) is 11.8. The molecular formula is C29H33Cl2N3O5S. The lowest BCUT2D eigenvalue weighted by molar-refractivity contribution is -0.140. The van der Waals surface area contributed by atoms with Crippen LogP contribution >= 0.6 is 23.2 Å². The average molecular weight is 607 g/mol. The van der Waals surface area contributed by atoms with E-state index in [-0.39, 0.29) is 28.8 Å². The standard InChI is InChI=1S/C29H33Cl2N3O5S/c1-5-25(29(36)32-6-2)33(18-21-13-14-23(30)24(31)17-21)28(35)19-34(26-16-20(3)12-15-27(26)39-4)40(37,38)22-10-8-7-9-11-22/h7-17,25H,5-6,18-19H2,1-4H3,(H,32,36)/t25-/m0/s1. The Morgan fingerprint density at radius 2 is 1.68 bits per heavy atom. The van der Waals surface area contributed by atoms with Gasteiger partial charge in [0.2, 0.25) is 11.8 Å². The van der Waals surface area contributed by atoms with Gasteiger partial charge in [-0.05, 0) is 67.8 Å². The molecule has 0 aromatic heterocycles. The van der Waals surface area contributed by atoms with E-state index in [1.165, 1.54) is 24.1 Å². The lowest BCUT2D eigenvalue weighted by atomic mass is 10.1. The third-order valence-electron chi connectivity index (χ3n) is 6.29. The second-order valence-electron chi connectivity index (χ2n) is 9.09. The zero-order valence-corrected chi connectivity index (χ0v) is 25.2. The van der Waals surface area contributed by atoms with Crippen LogP contribution in [0.2, 0.25) is 10.0 Å². The molecule has 2 amide bonds. The normalized spacial score (nSPS) is 11.9. The van der Waals surface area contributed by atoms with Crippen LogP contribution in [-0.2, 0) is 26.2 Å². The van der Waals surface area contributed by atoms with E-state index >= 15 is 0 Å². The number of halogens is 2. The van der Waals surface area contributed by atoms with Gasteiger partial charge in [0.05, 0.1) is 27.7 Å². The molecule has 8 nitrogen and oxygen atoms in total. The van der Waals surface area contributed by atoms with E-state index in [2.05, 4.69) is 5.32 Å². The van der Waals surface area contributed by atoms with E-state index in [4.69, 9.17) is 27.9 Å². The van der Waals surface area contributed by atoms with Crippen molar-refractivity contribution in [2.45, 2.75) is 44.7 Å². The van der Waals surface area contributed by atoms with E-state index < -0.39 is 28.5 Å². The Hall–Kier alpha value is -3.27. The molecule has 3 aromatic rings. The molecule has 0 radical (unpaired) electrons. The van der Waals surface area contributed by atoms with E-state index in [9.17, 15) is 18.0 Å². The number of sulfonamides is 1. The molecule has 0 saturated heterocycles. The predicted octanol–water partition coefficient (Wildman–Crippen LogP) is 5.45. The molecule has 3 aromatic carbocycles. The van der Waals surface area contributed by atoms with Crippen LogP contribution in [0.1, 0.15) is 31.4 Å². The fraction of sp³-hybridized carbons (Fsp3) is 0.310. The molecule has 40 heavy (non-hydrogen) atoms. The Labute approximate surface area is 245 Å². The molecule has 0 unspecified atom stereocenters. The summed E-state index contributed by atoms with van der Waals surface area (Å²) in [6, 6.07) is 17.0. The molecule has 0 aliphatic rings. The Morgan fingerprint density at radius 3 is 2.27 bits per heavy atom. The first-order valence-corrected chi connectivity index (χ1v) is 15.0. The predicted molar refractivity (Wildman–Crippen MR) is 158 cm³/mol. The lowest BCUT2D eigenvalue weighted by Crippen LogP contribution is -2.52. The summed E-state index contributed by atoms with van der Waals surface area (Å²) in [5.41, 5.74) is 1.62. The van der Waals surface area contributed by atoms with Crippen molar-refractivity contribution in [1.82, 2.24) is 10.2 Å². The Morgan fingerprint density at radius 1 is 0.975 bits per heavy atom. The minimum absolute atomic E-state index is 0.00946. The van der Waals surface area contributed by atoms with Gasteiger partial charge in [-0.1, -0.05) is 60.5 Å². The quantitative estimate of drug-likeness (QED) is 0.296. The number of nitrogens with zero attached hydrogens (tertiary/aromatic N) is 2. The molecular weight excluding hydrogens is 573 g/mol. The van der Waals surface area contributed by atoms with Crippen molar-refractivity contribution in [2.75, 3.05) is 24.5 Å². The SMILES string of the molecule is CCNC(=O)[C@H](CC)N(Cc1ccc(Cl)c(Cl)c1)C(=O)CN(c1cc(C)ccc1OC)S(=O)(=O)c1ccccc1. The Kier molecular flexibility index (Phi) is 10.8. The smallest absolute Gasteiger partial charge is 0.264 e. The molecule has 3 rings (SSSR count). The number of benzene rings is 3. The van der Waals surface area contributed by atoms with Gasteiger partial charge in [-0.25, -0.2) is 8.42 Å². The van der Waals surface area contributed by atoms with Crippen LogP contribution in [0.25, 0.3) is 0 Å². The zero-order chi connectivity index (χ0) is 29.4. The first-order chi connectivity index (χ1) is 19.0. The number of methoxy groups -OCH3 is 1. The van der Waals surface area contributed by atoms with Crippen LogP contribution in [0.3, 0.4) is 0 Å². The minimum atomic E-state index is -4.21. The molecule has 214 valence electrons. The Bertz CT molecular complexity index is 1450. The highest BCUT2D eigenvalue weighted by Crippen LogP contribution is 2.34. The van der Waals surface area contributed by atoms with Gasteiger partial charge >= 0.3 is 0 Å². The van der Waals surface area contributed by atoms with Crippen LogP contribution in [0, 0.1) is 6.92 Å². The van der Waals surface area contributed by atoms with Gasteiger partial charge in [0, 0.05) is 13.1 Å². The summed E-state index contributed by atoms with van der Waals surface area (Å²) in [7, 11) is -2.78. The van der Waals surface area contributed by atoms with Crippen LogP contribution in [0.15, 0.2) is 71.6 Å². The number of amides is 2. The molecule has 0 aliphatic carbocycles. The molecule has 0 aliphatic heterocycles. The second kappa shape index (κ2) is 13.9. The van der Waals surface area contributed by atoms with Gasteiger partial charge in [0.25, 0.3) is 10.0 Å². The van der Waals surface area contributed by atoms with E-state index in [1.807, 2.05) is 6.92 Å². The Balaban J connectivity index is 2.13. The largest absolute Gasteiger partial charge is 0.495 e. The summed E-state index contributed by atoms with van der Waals surface area (Å²) >= 11 is 12.3. The fourth-order valence-corrected chi connectivity index (χ4v) is 6.03. The molecule has 0 heterocycles. The van der Waals surface area contributed by atoms with Crippen LogP contribution in [0.5, 0.6) is 5.75 Å². The van der Waals surface area contributed by atoms with E-state index in [0.29, 0.717) is 28.6 Å². The third-order valence-corrected chi connectivity index (χ3v) is 8.80. The molecule has 11 heteroatoms. The number of anilines is 1. The van der Waals surface area contributed by atoms with Gasteiger partial charge in [-0.3, -0.25) is 13.9 Å². The number of nitrogens with one attached hydrogen (secondary N) is 1. The summed E-state index contributed by atoms with van der Waals surface area (Å²) in [4.78, 5) is 28.5. The van der Waals surface area contributed by atoms with Gasteiger partial charge in [-0.15, -0.1) is 0 Å². The molecule has 0 saturated carbocycles. The highest BCUT2D eigenvalue weighted by molar-refractivity contribution is 7.92. The highest BCUT2D eigenvalue weighted by Gasteiger charge is 2.34. The number of hydrogen-bond acceptors (Lipinski definition) is 5. The topological polar surface area (TPSA) is 96.0 Å². The maximum atomic E-state index is 14.1. The summed E-state index contributed by atoms with van der Waals surface area (Å²) in [5.74, 6) is -0.638. The number of carbonyl (C=O) groups excluding carboxylic acids is 2. The number of rotatable bonds is 12. The van der Waals surface area contributed by atoms with Crippen molar-refractivity contribution in [3.63, 3.8) is 0 Å². The number of carbonyl (C=O) groups is 2. The van der Waals surface area contributed by atoms with Gasteiger partial charge in [0.15, 0.2) is 0 Å². The van der Waals surface area contributed by atoms with Crippen molar-refractivity contribution in [2.24, 2.45) is 0 Å². The van der Waals surface area contributed by atoms with Crippen LogP contribution < -0.4 is 14.4 Å². The number of hydrogen-bond donors (Lipinski definition) is 1. The van der Waals surface area contributed by atoms with Crippen LogP contribution in [0.4, 0.5) is 5.69 Å².